The van der Waals surface area contributed by atoms with E-state index >= 15 is 0 Å². The molecule has 3 heteroatoms. The molecule has 0 saturated heterocycles. The first-order valence-corrected chi connectivity index (χ1v) is 7.81. The zero-order valence-electron chi connectivity index (χ0n) is 11.5. The summed E-state index contributed by atoms with van der Waals surface area (Å²) in [5, 5.41) is 10.1. The van der Waals surface area contributed by atoms with Crippen LogP contribution < -0.4 is 5.73 Å². The Hall–Kier alpha value is -0.510. The summed E-state index contributed by atoms with van der Waals surface area (Å²) >= 11 is 1.93. The van der Waals surface area contributed by atoms with Crippen molar-refractivity contribution in [2.24, 2.45) is 5.73 Å². The van der Waals surface area contributed by atoms with E-state index in [2.05, 4.69) is 31.2 Å². The molecule has 0 aliphatic carbocycles. The average molecular weight is 267 g/mol. The lowest BCUT2D eigenvalue weighted by Gasteiger charge is -2.24. The van der Waals surface area contributed by atoms with E-state index in [1.165, 1.54) is 11.1 Å². The van der Waals surface area contributed by atoms with Crippen LogP contribution in [0.15, 0.2) is 24.3 Å². The molecule has 0 saturated carbocycles. The molecule has 0 amide bonds. The van der Waals surface area contributed by atoms with E-state index < -0.39 is 5.60 Å². The molecule has 1 rings (SSSR count). The highest BCUT2D eigenvalue weighted by molar-refractivity contribution is 7.98. The first kappa shape index (κ1) is 15.5. The van der Waals surface area contributed by atoms with Gasteiger partial charge in [0.15, 0.2) is 0 Å². The summed E-state index contributed by atoms with van der Waals surface area (Å²) in [5.41, 5.74) is 7.70. The number of nitrogens with two attached hydrogens (primary N) is 1. The first-order valence-electron chi connectivity index (χ1n) is 6.66. The maximum absolute atomic E-state index is 10.1. The van der Waals surface area contributed by atoms with E-state index in [0.717, 1.165) is 30.8 Å². The molecule has 3 N–H and O–H groups in total. The van der Waals surface area contributed by atoms with Gasteiger partial charge in [-0.3, -0.25) is 0 Å². The van der Waals surface area contributed by atoms with E-state index in [-0.39, 0.29) is 0 Å². The first-order chi connectivity index (χ1) is 8.61. The lowest BCUT2D eigenvalue weighted by atomic mass is 9.95. The van der Waals surface area contributed by atoms with Crippen LogP contribution in [-0.2, 0) is 5.75 Å². The van der Waals surface area contributed by atoms with Gasteiger partial charge in [0.1, 0.15) is 0 Å². The second-order valence-corrected chi connectivity index (χ2v) is 5.97. The highest BCUT2D eigenvalue weighted by Gasteiger charge is 2.21. The number of hydrogen-bond donors (Lipinski definition) is 2. The highest BCUT2D eigenvalue weighted by Crippen LogP contribution is 2.20. The predicted molar refractivity (Wildman–Crippen MR) is 80.9 cm³/mol. The Labute approximate surface area is 115 Å². The molecule has 0 bridgehead atoms. The molecular weight excluding hydrogens is 242 g/mol. The Morgan fingerprint density at radius 3 is 2.67 bits per heavy atom. The molecular formula is C15H25NOS. The minimum Gasteiger partial charge on any atom is -0.389 e. The zero-order valence-corrected chi connectivity index (χ0v) is 12.3. The highest BCUT2D eigenvalue weighted by atomic mass is 32.2. The topological polar surface area (TPSA) is 46.2 Å². The summed E-state index contributed by atoms with van der Waals surface area (Å²) in [7, 11) is 0. The van der Waals surface area contributed by atoms with Crippen LogP contribution in [0.1, 0.15) is 37.3 Å². The lowest BCUT2D eigenvalue weighted by Crippen LogP contribution is -2.36. The van der Waals surface area contributed by atoms with Crippen molar-refractivity contribution in [3.8, 4) is 0 Å². The van der Waals surface area contributed by atoms with Crippen LogP contribution in [0.3, 0.4) is 0 Å². The number of aryl methyl sites for hydroxylation is 1. The van der Waals surface area contributed by atoms with Gasteiger partial charge in [-0.1, -0.05) is 31.2 Å². The van der Waals surface area contributed by atoms with Crippen LogP contribution in [0.25, 0.3) is 0 Å². The third-order valence-corrected chi connectivity index (χ3v) is 4.58. The van der Waals surface area contributed by atoms with Crippen LogP contribution in [0.2, 0.25) is 0 Å². The van der Waals surface area contributed by atoms with Gasteiger partial charge in [-0.15, -0.1) is 0 Å². The number of aliphatic hydroxyl groups is 1. The van der Waals surface area contributed by atoms with Gasteiger partial charge in [-0.25, -0.2) is 0 Å². The maximum atomic E-state index is 10.1. The minimum atomic E-state index is -0.650. The fraction of sp³-hybridized carbons (Fsp3) is 0.600. The van der Waals surface area contributed by atoms with E-state index in [9.17, 15) is 5.11 Å². The van der Waals surface area contributed by atoms with Crippen molar-refractivity contribution >= 4 is 11.8 Å². The summed E-state index contributed by atoms with van der Waals surface area (Å²) in [5.74, 6) is 2.14. The van der Waals surface area contributed by atoms with E-state index in [1.807, 2.05) is 18.7 Å². The van der Waals surface area contributed by atoms with Crippen LogP contribution in [0.5, 0.6) is 0 Å². The molecule has 0 aliphatic heterocycles. The van der Waals surface area contributed by atoms with Crippen LogP contribution in [0, 0.1) is 6.92 Å². The third kappa shape index (κ3) is 5.01. The van der Waals surface area contributed by atoms with Crippen molar-refractivity contribution in [2.75, 3.05) is 12.3 Å². The number of hydrogen-bond acceptors (Lipinski definition) is 3. The Morgan fingerprint density at radius 1 is 1.33 bits per heavy atom. The van der Waals surface area contributed by atoms with Crippen LogP contribution in [-0.4, -0.2) is 23.0 Å². The quantitative estimate of drug-likeness (QED) is 0.711. The second-order valence-electron chi connectivity index (χ2n) is 4.86. The normalized spacial score (nSPS) is 14.4. The van der Waals surface area contributed by atoms with Gasteiger partial charge in [0, 0.05) is 12.3 Å². The van der Waals surface area contributed by atoms with Crippen molar-refractivity contribution in [3.05, 3.63) is 35.4 Å². The second kappa shape index (κ2) is 7.82. The molecule has 1 atom stereocenters. The summed E-state index contributed by atoms with van der Waals surface area (Å²) < 4.78 is 0. The van der Waals surface area contributed by atoms with Crippen molar-refractivity contribution in [1.29, 1.82) is 0 Å². The molecule has 2 nitrogen and oxygen atoms in total. The Kier molecular flexibility index (Phi) is 6.76. The molecule has 0 aliphatic rings. The van der Waals surface area contributed by atoms with Crippen molar-refractivity contribution in [3.63, 3.8) is 0 Å². The Morgan fingerprint density at radius 2 is 2.06 bits per heavy atom. The van der Waals surface area contributed by atoms with Gasteiger partial charge in [-0.2, -0.15) is 11.8 Å². The van der Waals surface area contributed by atoms with Crippen LogP contribution >= 0.6 is 11.8 Å². The summed E-state index contributed by atoms with van der Waals surface area (Å²) in [4.78, 5) is 0. The Bertz CT molecular complexity index is 350. The molecule has 0 aromatic heterocycles. The monoisotopic (exact) mass is 267 g/mol. The molecule has 0 radical (unpaired) electrons. The number of rotatable bonds is 8. The Balaban J connectivity index is 2.22. The van der Waals surface area contributed by atoms with Gasteiger partial charge in [-0.05, 0) is 43.1 Å². The van der Waals surface area contributed by atoms with Gasteiger partial charge in [0.05, 0.1) is 5.60 Å². The SMILES string of the molecule is CCC(O)(CN)CCCSCc1ccccc1C. The zero-order chi connectivity index (χ0) is 13.4. The molecule has 1 aromatic rings. The molecule has 18 heavy (non-hydrogen) atoms. The molecule has 1 aromatic carbocycles. The van der Waals surface area contributed by atoms with Gasteiger partial charge < -0.3 is 10.8 Å². The fourth-order valence-corrected chi connectivity index (χ4v) is 2.92. The molecule has 0 spiro atoms. The van der Waals surface area contributed by atoms with Crippen molar-refractivity contribution < 1.29 is 5.11 Å². The van der Waals surface area contributed by atoms with Crippen molar-refractivity contribution in [1.82, 2.24) is 0 Å². The fourth-order valence-electron chi connectivity index (χ4n) is 1.88. The number of benzene rings is 1. The van der Waals surface area contributed by atoms with Gasteiger partial charge in [0.25, 0.3) is 0 Å². The summed E-state index contributed by atoms with van der Waals surface area (Å²) in [6, 6.07) is 8.50. The molecule has 0 fully saturated rings. The standard InChI is InChI=1S/C15H25NOS/c1-3-15(17,12-16)9-6-10-18-11-14-8-5-4-7-13(14)2/h4-5,7-8,17H,3,6,9-12,16H2,1-2H3. The third-order valence-electron chi connectivity index (χ3n) is 3.49. The average Bonchev–Trinajstić information content (AvgIpc) is 2.40. The molecule has 102 valence electrons. The van der Waals surface area contributed by atoms with E-state index in [4.69, 9.17) is 5.73 Å². The smallest absolute Gasteiger partial charge is 0.0767 e. The minimum absolute atomic E-state index is 0.367. The summed E-state index contributed by atoms with van der Waals surface area (Å²) in [6.45, 7) is 4.51. The summed E-state index contributed by atoms with van der Waals surface area (Å²) in [6.07, 6.45) is 2.57. The van der Waals surface area contributed by atoms with E-state index in [1.54, 1.807) is 0 Å². The largest absolute Gasteiger partial charge is 0.389 e. The molecule has 0 heterocycles. The van der Waals surface area contributed by atoms with Crippen molar-refractivity contribution in [2.45, 2.75) is 44.5 Å². The molecule has 1 unspecified atom stereocenters. The maximum Gasteiger partial charge on any atom is 0.0767 e. The predicted octanol–water partition coefficient (Wildman–Crippen LogP) is 3.11. The van der Waals surface area contributed by atoms with E-state index in [0.29, 0.717) is 6.54 Å². The van der Waals surface area contributed by atoms with Gasteiger partial charge in [0.2, 0.25) is 0 Å². The van der Waals surface area contributed by atoms with Crippen LogP contribution in [0.4, 0.5) is 0 Å². The lowest BCUT2D eigenvalue weighted by molar-refractivity contribution is 0.0360. The number of thioether (sulfide) groups is 1. The van der Waals surface area contributed by atoms with Gasteiger partial charge >= 0.3 is 0 Å².